The standard InChI is InChI=1S/C10H12NS2.CH4O4S.H2O/c1-3-11-8-6-4-5-7-9(8)13-10(11)12-2;1-5-6(2,3)4;/h4-7H,3H2,1-2H3;1H3,(H,2,3,4);1H2/q+1;;. The number of hydrogen-bond donors (Lipinski definition) is 1. The summed E-state index contributed by atoms with van der Waals surface area (Å²) in [5, 5.41) is 0. The van der Waals surface area contributed by atoms with E-state index in [4.69, 9.17) is 4.55 Å². The Morgan fingerprint density at radius 1 is 1.40 bits per heavy atom. The molecule has 114 valence electrons. The SMILES string of the molecule is CC[n+]1c(SC)sc2ccccc21.COS(=O)(=O)O.O. The first kappa shape index (κ1) is 19.3. The van der Waals surface area contributed by atoms with Crippen molar-refractivity contribution in [1.29, 1.82) is 0 Å². The maximum atomic E-state index is 9.33. The molecule has 0 saturated carbocycles. The van der Waals surface area contributed by atoms with Gasteiger partial charge in [-0.05, 0) is 31.0 Å². The van der Waals surface area contributed by atoms with Crippen molar-refractivity contribution in [2.75, 3.05) is 13.4 Å². The number of para-hydroxylation sites is 1. The average Bonchev–Trinajstić information content (AvgIpc) is 2.76. The zero-order valence-electron chi connectivity index (χ0n) is 11.4. The van der Waals surface area contributed by atoms with E-state index in [9.17, 15) is 8.42 Å². The molecule has 0 bridgehead atoms. The molecule has 0 unspecified atom stereocenters. The smallest absolute Gasteiger partial charge is 0.397 e. The predicted molar refractivity (Wildman–Crippen MR) is 81.6 cm³/mol. The number of aromatic nitrogens is 1. The largest absolute Gasteiger partial charge is 0.412 e. The number of rotatable bonds is 3. The maximum absolute atomic E-state index is 9.33. The quantitative estimate of drug-likeness (QED) is 0.519. The third-order valence-corrected chi connectivity index (χ3v) is 4.98. The third kappa shape index (κ3) is 5.35. The molecule has 0 aliphatic carbocycles. The second kappa shape index (κ2) is 8.55. The highest BCUT2D eigenvalue weighted by atomic mass is 32.3. The molecular formula is C11H18NO5S3+. The van der Waals surface area contributed by atoms with Crippen LogP contribution in [0, 0.1) is 0 Å². The Hall–Kier alpha value is -0.710. The van der Waals surface area contributed by atoms with Gasteiger partial charge in [-0.3, -0.25) is 8.74 Å². The Morgan fingerprint density at radius 2 is 1.95 bits per heavy atom. The number of thioether (sulfide) groups is 1. The summed E-state index contributed by atoms with van der Waals surface area (Å²) in [4.78, 5) is 0. The van der Waals surface area contributed by atoms with E-state index < -0.39 is 10.4 Å². The molecular weight excluding hydrogens is 322 g/mol. The van der Waals surface area contributed by atoms with Crippen LogP contribution >= 0.6 is 23.1 Å². The van der Waals surface area contributed by atoms with Gasteiger partial charge < -0.3 is 5.48 Å². The van der Waals surface area contributed by atoms with E-state index in [0.29, 0.717) is 0 Å². The zero-order valence-corrected chi connectivity index (χ0v) is 13.8. The van der Waals surface area contributed by atoms with Gasteiger partial charge in [0.25, 0.3) is 4.34 Å². The number of benzene rings is 1. The molecule has 20 heavy (non-hydrogen) atoms. The van der Waals surface area contributed by atoms with Crippen molar-refractivity contribution in [3.63, 3.8) is 0 Å². The van der Waals surface area contributed by atoms with Gasteiger partial charge in [-0.25, -0.2) is 0 Å². The van der Waals surface area contributed by atoms with Crippen molar-refractivity contribution >= 4 is 43.7 Å². The first-order valence-corrected chi connectivity index (χ1v) is 8.82. The summed E-state index contributed by atoms with van der Waals surface area (Å²) in [6.45, 7) is 3.25. The van der Waals surface area contributed by atoms with Gasteiger partial charge in [0.15, 0.2) is 0 Å². The number of fused-ring (bicyclic) bond motifs is 1. The van der Waals surface area contributed by atoms with Crippen molar-refractivity contribution < 1.29 is 27.2 Å². The maximum Gasteiger partial charge on any atom is 0.397 e. The van der Waals surface area contributed by atoms with Crippen molar-refractivity contribution in [3.05, 3.63) is 24.3 Å². The molecule has 9 heteroatoms. The van der Waals surface area contributed by atoms with Crippen LogP contribution < -0.4 is 4.57 Å². The molecule has 0 aliphatic heterocycles. The summed E-state index contributed by atoms with van der Waals surface area (Å²) >= 11 is 3.70. The summed E-state index contributed by atoms with van der Waals surface area (Å²) in [5.41, 5.74) is 1.36. The van der Waals surface area contributed by atoms with Gasteiger partial charge >= 0.3 is 10.4 Å². The van der Waals surface area contributed by atoms with Gasteiger partial charge in [-0.15, -0.1) is 0 Å². The van der Waals surface area contributed by atoms with Crippen LogP contribution in [0.2, 0.25) is 0 Å². The molecule has 0 atom stereocenters. The highest BCUT2D eigenvalue weighted by Crippen LogP contribution is 2.25. The summed E-state index contributed by atoms with van der Waals surface area (Å²) in [6.07, 6.45) is 2.14. The Kier molecular flexibility index (Phi) is 8.25. The molecule has 6 nitrogen and oxygen atoms in total. The summed E-state index contributed by atoms with van der Waals surface area (Å²) in [5.74, 6) is 0. The van der Waals surface area contributed by atoms with Crippen molar-refractivity contribution in [3.8, 4) is 0 Å². The average molecular weight is 340 g/mol. The van der Waals surface area contributed by atoms with Gasteiger partial charge in [0.1, 0.15) is 11.2 Å². The fourth-order valence-electron chi connectivity index (χ4n) is 1.47. The lowest BCUT2D eigenvalue weighted by atomic mass is 10.3. The topological polar surface area (TPSA) is 99.0 Å². The van der Waals surface area contributed by atoms with Crippen molar-refractivity contribution in [2.24, 2.45) is 0 Å². The molecule has 0 amide bonds. The molecule has 0 fully saturated rings. The Bertz CT molecular complexity index is 639. The molecule has 1 heterocycles. The number of nitrogens with zero attached hydrogens (tertiary/aromatic N) is 1. The first-order chi connectivity index (χ1) is 8.92. The van der Waals surface area contributed by atoms with Crippen molar-refractivity contribution in [1.82, 2.24) is 0 Å². The highest BCUT2D eigenvalue weighted by Gasteiger charge is 2.16. The van der Waals surface area contributed by atoms with Gasteiger partial charge in [0, 0.05) is 6.07 Å². The minimum absolute atomic E-state index is 0. The Morgan fingerprint density at radius 3 is 2.40 bits per heavy atom. The van der Waals surface area contributed by atoms with E-state index in [2.05, 4.69) is 46.2 Å². The lowest BCUT2D eigenvalue weighted by Crippen LogP contribution is -2.32. The number of thiazole rings is 1. The lowest BCUT2D eigenvalue weighted by Gasteiger charge is -1.90. The Labute approximate surface area is 126 Å². The molecule has 0 radical (unpaired) electrons. The molecule has 2 rings (SSSR count). The normalized spacial score (nSPS) is 10.6. The van der Waals surface area contributed by atoms with Crippen LogP contribution in [0.15, 0.2) is 28.6 Å². The minimum atomic E-state index is -4.16. The Balaban J connectivity index is 0.000000448. The van der Waals surface area contributed by atoms with E-state index in [0.717, 1.165) is 13.7 Å². The van der Waals surface area contributed by atoms with Gasteiger partial charge in [0.05, 0.1) is 7.11 Å². The predicted octanol–water partition coefficient (Wildman–Crippen LogP) is 1.54. The third-order valence-electron chi connectivity index (χ3n) is 2.28. The summed E-state index contributed by atoms with van der Waals surface area (Å²) in [6, 6.07) is 8.58. The van der Waals surface area contributed by atoms with Gasteiger partial charge in [-0.2, -0.15) is 13.0 Å². The molecule has 2 aromatic rings. The fourth-order valence-corrected chi connectivity index (χ4v) is 3.47. The van der Waals surface area contributed by atoms with E-state index in [1.165, 1.54) is 14.6 Å². The van der Waals surface area contributed by atoms with Crippen LogP contribution in [0.4, 0.5) is 0 Å². The fraction of sp³-hybridized carbons (Fsp3) is 0.364. The van der Waals surface area contributed by atoms with Gasteiger partial charge in [0.2, 0.25) is 5.52 Å². The van der Waals surface area contributed by atoms with Crippen LogP contribution in [0.3, 0.4) is 0 Å². The van der Waals surface area contributed by atoms with E-state index in [-0.39, 0.29) is 5.48 Å². The summed E-state index contributed by atoms with van der Waals surface area (Å²) in [7, 11) is -3.29. The number of aryl methyl sites for hydroxylation is 1. The van der Waals surface area contributed by atoms with Crippen LogP contribution in [-0.4, -0.2) is 31.8 Å². The van der Waals surface area contributed by atoms with E-state index in [1.54, 1.807) is 0 Å². The molecule has 1 aromatic heterocycles. The highest BCUT2D eigenvalue weighted by molar-refractivity contribution is 8.00. The van der Waals surface area contributed by atoms with Crippen LogP contribution in [0.25, 0.3) is 10.2 Å². The molecule has 3 N–H and O–H groups in total. The second-order valence-electron chi connectivity index (χ2n) is 3.38. The van der Waals surface area contributed by atoms with Crippen LogP contribution in [0.5, 0.6) is 0 Å². The summed E-state index contributed by atoms with van der Waals surface area (Å²) < 4.78 is 34.8. The molecule has 0 saturated heterocycles. The molecule has 0 spiro atoms. The number of hydrogen-bond acceptors (Lipinski definition) is 5. The minimum Gasteiger partial charge on any atom is -0.412 e. The molecule has 0 aliphatic rings. The van der Waals surface area contributed by atoms with Gasteiger partial charge in [-0.1, -0.05) is 23.5 Å². The van der Waals surface area contributed by atoms with Crippen LogP contribution in [-0.2, 0) is 21.1 Å². The zero-order chi connectivity index (χ0) is 14.5. The molecule has 1 aromatic carbocycles. The van der Waals surface area contributed by atoms with Crippen LogP contribution in [0.1, 0.15) is 6.92 Å². The monoisotopic (exact) mass is 340 g/mol. The second-order valence-corrected chi connectivity index (χ2v) is 6.65. The van der Waals surface area contributed by atoms with E-state index in [1.807, 2.05) is 23.1 Å². The van der Waals surface area contributed by atoms with E-state index >= 15 is 0 Å². The van der Waals surface area contributed by atoms with Crippen molar-refractivity contribution in [2.45, 2.75) is 17.8 Å². The lowest BCUT2D eigenvalue weighted by molar-refractivity contribution is -0.698. The first-order valence-electron chi connectivity index (χ1n) is 5.41.